The van der Waals surface area contributed by atoms with Crippen molar-refractivity contribution in [2.24, 2.45) is 0 Å². The zero-order valence-electron chi connectivity index (χ0n) is 18.5. The number of halogens is 7. The van der Waals surface area contributed by atoms with Gasteiger partial charge in [0, 0.05) is 23.3 Å². The Morgan fingerprint density at radius 2 is 1.39 bits per heavy atom. The van der Waals surface area contributed by atoms with Crippen LogP contribution in [0.2, 0.25) is 0 Å². The Balaban J connectivity index is 1.95. The molecule has 2 N–H and O–H groups in total. The molecule has 204 valence electrons. The molecule has 0 saturated carbocycles. The normalized spacial score (nSPS) is 12.9. The summed E-state index contributed by atoms with van der Waals surface area (Å²) in [5.41, 5.74) is -7.89. The van der Waals surface area contributed by atoms with Crippen molar-refractivity contribution in [1.82, 2.24) is 0 Å². The SMILES string of the molecule is O=[N+]([O-])c1ccc(CN(c2ccc(-c3ccc(C(O)(C(F)(F)F)C(F)(F)F)cc3F)cc2)S(=O)(=O)O)cc1. The summed E-state index contributed by atoms with van der Waals surface area (Å²) in [5.74, 6) is -1.54. The molecule has 0 aliphatic rings. The Morgan fingerprint density at radius 3 is 1.82 bits per heavy atom. The van der Waals surface area contributed by atoms with E-state index in [1.54, 1.807) is 0 Å². The first-order valence-electron chi connectivity index (χ1n) is 10.1. The number of nitro benzene ring substituents is 1. The molecule has 3 aromatic carbocycles. The van der Waals surface area contributed by atoms with Crippen LogP contribution in [0.4, 0.5) is 42.1 Å². The largest absolute Gasteiger partial charge is 0.430 e. The molecule has 0 aliphatic heterocycles. The van der Waals surface area contributed by atoms with E-state index in [1.807, 2.05) is 0 Å². The summed E-state index contributed by atoms with van der Waals surface area (Å²) in [5, 5.41) is 20.2. The van der Waals surface area contributed by atoms with Gasteiger partial charge in [-0.25, -0.2) is 8.70 Å². The molecule has 3 rings (SSSR count). The Kier molecular flexibility index (Phi) is 7.46. The summed E-state index contributed by atoms with van der Waals surface area (Å²) in [7, 11) is -4.89. The summed E-state index contributed by atoms with van der Waals surface area (Å²) in [4.78, 5) is 10.1. The van der Waals surface area contributed by atoms with Gasteiger partial charge in [-0.2, -0.15) is 34.8 Å². The number of hydrogen-bond acceptors (Lipinski definition) is 5. The minimum absolute atomic E-state index is 0.0917. The fourth-order valence-corrected chi connectivity index (χ4v) is 4.16. The smallest absolute Gasteiger partial charge is 0.369 e. The van der Waals surface area contributed by atoms with Crippen molar-refractivity contribution < 1.29 is 53.7 Å². The highest BCUT2D eigenvalue weighted by Gasteiger charge is 2.71. The van der Waals surface area contributed by atoms with Crippen molar-refractivity contribution >= 4 is 21.7 Å². The van der Waals surface area contributed by atoms with E-state index in [4.69, 9.17) is 0 Å². The van der Waals surface area contributed by atoms with Crippen LogP contribution in [0.25, 0.3) is 11.1 Å². The van der Waals surface area contributed by atoms with Crippen LogP contribution in [0.1, 0.15) is 11.1 Å². The van der Waals surface area contributed by atoms with Crippen LogP contribution in [-0.2, 0) is 22.4 Å². The fourth-order valence-electron chi connectivity index (χ4n) is 3.46. The molecular formula is C22H15F7N2O6S. The first-order valence-corrected chi connectivity index (χ1v) is 11.5. The van der Waals surface area contributed by atoms with E-state index in [1.165, 1.54) is 12.1 Å². The number of aliphatic hydroxyl groups is 1. The van der Waals surface area contributed by atoms with Crippen LogP contribution in [0, 0.1) is 15.9 Å². The van der Waals surface area contributed by atoms with Crippen LogP contribution in [0.15, 0.2) is 66.7 Å². The topological polar surface area (TPSA) is 121 Å². The molecule has 3 aromatic rings. The maximum Gasteiger partial charge on any atom is 0.430 e. The number of alkyl halides is 6. The van der Waals surface area contributed by atoms with Crippen LogP contribution in [0.3, 0.4) is 0 Å². The van der Waals surface area contributed by atoms with Crippen molar-refractivity contribution in [1.29, 1.82) is 0 Å². The van der Waals surface area contributed by atoms with Gasteiger partial charge in [-0.1, -0.05) is 36.4 Å². The predicted molar refractivity (Wildman–Crippen MR) is 119 cm³/mol. The second-order valence-corrected chi connectivity index (χ2v) is 9.19. The van der Waals surface area contributed by atoms with Crippen molar-refractivity contribution in [3.63, 3.8) is 0 Å². The molecule has 0 saturated heterocycles. The number of benzene rings is 3. The molecule has 0 amide bonds. The zero-order chi connectivity index (χ0) is 28.7. The van der Waals surface area contributed by atoms with E-state index >= 15 is 0 Å². The minimum atomic E-state index is -6.20. The number of nitro groups is 1. The van der Waals surface area contributed by atoms with Crippen LogP contribution in [-0.4, -0.2) is 35.4 Å². The molecule has 0 spiro atoms. The summed E-state index contributed by atoms with van der Waals surface area (Å²) < 4.78 is 127. The zero-order valence-corrected chi connectivity index (χ0v) is 19.4. The molecule has 38 heavy (non-hydrogen) atoms. The number of nitrogens with zero attached hydrogens (tertiary/aromatic N) is 2. The molecule has 0 radical (unpaired) electrons. The van der Waals surface area contributed by atoms with E-state index in [0.717, 1.165) is 36.4 Å². The first-order chi connectivity index (χ1) is 17.4. The van der Waals surface area contributed by atoms with E-state index in [0.29, 0.717) is 10.4 Å². The lowest BCUT2D eigenvalue weighted by Gasteiger charge is -2.32. The van der Waals surface area contributed by atoms with Gasteiger partial charge in [0.1, 0.15) is 5.82 Å². The average molecular weight is 568 g/mol. The van der Waals surface area contributed by atoms with Gasteiger partial charge in [0.2, 0.25) is 0 Å². The van der Waals surface area contributed by atoms with Gasteiger partial charge in [-0.3, -0.25) is 14.7 Å². The third-order valence-electron chi connectivity index (χ3n) is 5.43. The Hall–Kier alpha value is -3.76. The van der Waals surface area contributed by atoms with E-state index in [2.05, 4.69) is 0 Å². The van der Waals surface area contributed by atoms with Crippen molar-refractivity contribution in [2.45, 2.75) is 24.5 Å². The van der Waals surface area contributed by atoms with Crippen LogP contribution >= 0.6 is 0 Å². The van der Waals surface area contributed by atoms with Gasteiger partial charge in [-0.15, -0.1) is 0 Å². The van der Waals surface area contributed by atoms with Gasteiger partial charge in [0.05, 0.1) is 17.2 Å². The van der Waals surface area contributed by atoms with Gasteiger partial charge < -0.3 is 5.11 Å². The molecule has 0 unspecified atom stereocenters. The van der Waals surface area contributed by atoms with Crippen molar-refractivity contribution in [3.8, 4) is 11.1 Å². The Bertz CT molecular complexity index is 1430. The molecule has 0 aromatic heterocycles. The molecule has 0 aliphatic carbocycles. The highest BCUT2D eigenvalue weighted by molar-refractivity contribution is 7.87. The minimum Gasteiger partial charge on any atom is -0.369 e. The lowest BCUT2D eigenvalue weighted by atomic mass is 9.90. The van der Waals surface area contributed by atoms with E-state index in [-0.39, 0.29) is 34.6 Å². The quantitative estimate of drug-likeness (QED) is 0.168. The number of hydrogen-bond donors (Lipinski definition) is 2. The molecule has 8 nitrogen and oxygen atoms in total. The highest BCUT2D eigenvalue weighted by Crippen LogP contribution is 2.50. The van der Waals surface area contributed by atoms with Gasteiger partial charge in [0.15, 0.2) is 0 Å². The van der Waals surface area contributed by atoms with Crippen molar-refractivity contribution in [3.05, 3.63) is 93.8 Å². The molecule has 16 heteroatoms. The predicted octanol–water partition coefficient (Wildman–Crippen LogP) is 5.52. The number of anilines is 1. The molecule has 0 bridgehead atoms. The third kappa shape index (κ3) is 5.56. The van der Waals surface area contributed by atoms with Gasteiger partial charge in [0.25, 0.3) is 11.3 Å². The van der Waals surface area contributed by atoms with Crippen LogP contribution < -0.4 is 4.31 Å². The monoisotopic (exact) mass is 568 g/mol. The maximum atomic E-state index is 14.6. The lowest BCUT2D eigenvalue weighted by molar-refractivity contribution is -0.384. The van der Waals surface area contributed by atoms with Gasteiger partial charge >= 0.3 is 22.7 Å². The molecule has 0 heterocycles. The second kappa shape index (κ2) is 9.85. The Morgan fingerprint density at radius 1 is 0.868 bits per heavy atom. The van der Waals surface area contributed by atoms with Gasteiger partial charge in [-0.05, 0) is 29.3 Å². The standard InChI is InChI=1S/C22H15F7N2O6S/c23-19-11-15(20(32,21(24,25)26)22(27,28)29)5-10-18(19)14-3-8-16(9-4-14)30(38(35,36)37)12-13-1-6-17(7-2-13)31(33)34/h1-11,32H,12H2,(H,35,36,37). The van der Waals surface area contributed by atoms with Crippen molar-refractivity contribution in [2.75, 3.05) is 4.31 Å². The highest BCUT2D eigenvalue weighted by atomic mass is 32.2. The van der Waals surface area contributed by atoms with E-state index < -0.39 is 56.7 Å². The molecule has 0 atom stereocenters. The summed E-state index contributed by atoms with van der Waals surface area (Å²) >= 11 is 0. The second-order valence-electron chi connectivity index (χ2n) is 7.86. The maximum absolute atomic E-state index is 14.6. The average Bonchev–Trinajstić information content (AvgIpc) is 2.80. The Labute approximate surface area is 209 Å². The summed E-state index contributed by atoms with van der Waals surface area (Å²) in [6.07, 6.45) is -12.4. The number of rotatable bonds is 7. The molecular weight excluding hydrogens is 553 g/mol. The van der Waals surface area contributed by atoms with E-state index in [9.17, 15) is 58.9 Å². The third-order valence-corrected chi connectivity index (χ3v) is 6.32. The van der Waals surface area contributed by atoms with Crippen LogP contribution in [0.5, 0.6) is 0 Å². The molecule has 0 fully saturated rings. The number of non-ortho nitro benzene ring substituents is 1. The summed E-state index contributed by atoms with van der Waals surface area (Å²) in [6.45, 7) is -0.479. The summed E-state index contributed by atoms with van der Waals surface area (Å²) in [6, 6.07) is 9.73. The first kappa shape index (κ1) is 28.8. The lowest BCUT2D eigenvalue weighted by Crippen LogP contribution is -2.53. The fraction of sp³-hybridized carbons (Fsp3) is 0.182.